The van der Waals surface area contributed by atoms with Crippen LogP contribution >= 0.6 is 12.2 Å². The molecule has 4 rings (SSSR count). The van der Waals surface area contributed by atoms with E-state index in [4.69, 9.17) is 22.2 Å². The van der Waals surface area contributed by atoms with Crippen molar-refractivity contribution in [3.05, 3.63) is 6.07 Å². The highest BCUT2D eigenvalue weighted by molar-refractivity contribution is 7.80. The zero-order valence-corrected chi connectivity index (χ0v) is 17.8. The van der Waals surface area contributed by atoms with E-state index in [1.54, 1.807) is 0 Å². The summed E-state index contributed by atoms with van der Waals surface area (Å²) in [5, 5.41) is 7.47. The third-order valence-electron chi connectivity index (χ3n) is 6.22. The Labute approximate surface area is 174 Å². The van der Waals surface area contributed by atoms with Crippen molar-refractivity contribution >= 4 is 34.9 Å². The minimum Gasteiger partial charge on any atom is -0.360 e. The molecule has 2 N–H and O–H groups in total. The summed E-state index contributed by atoms with van der Waals surface area (Å²) < 4.78 is 0. The summed E-state index contributed by atoms with van der Waals surface area (Å²) in [5.41, 5.74) is 0. The van der Waals surface area contributed by atoms with Crippen molar-refractivity contribution in [1.29, 1.82) is 0 Å². The molecule has 0 aromatic carbocycles. The molecule has 6 nitrogen and oxygen atoms in total. The Morgan fingerprint density at radius 3 is 1.86 bits per heavy atom. The van der Waals surface area contributed by atoms with Crippen LogP contribution < -0.4 is 20.4 Å². The molecule has 1 aromatic rings. The number of rotatable bonds is 4. The van der Waals surface area contributed by atoms with E-state index in [1.165, 1.54) is 70.6 Å². The zero-order valence-electron chi connectivity index (χ0n) is 17.0. The lowest BCUT2D eigenvalue weighted by Crippen LogP contribution is -2.38. The van der Waals surface area contributed by atoms with Crippen molar-refractivity contribution in [2.75, 3.05) is 41.3 Å². The predicted octanol–water partition coefficient (Wildman–Crippen LogP) is 4.08. The molecular formula is C21H34N6S. The molecule has 2 aliphatic heterocycles. The van der Waals surface area contributed by atoms with Crippen molar-refractivity contribution < 1.29 is 0 Å². The minimum atomic E-state index is 0.478. The molecule has 1 aromatic heterocycles. The molecule has 3 aliphatic rings. The fourth-order valence-electron chi connectivity index (χ4n) is 4.62. The Balaban J connectivity index is 1.47. The summed E-state index contributed by atoms with van der Waals surface area (Å²) in [4.78, 5) is 14.4. The van der Waals surface area contributed by atoms with Gasteiger partial charge in [-0.25, -0.2) is 0 Å². The number of nitrogens with zero attached hydrogens (tertiary/aromatic N) is 4. The van der Waals surface area contributed by atoms with Crippen molar-refractivity contribution in [2.45, 2.75) is 76.7 Å². The summed E-state index contributed by atoms with van der Waals surface area (Å²) in [6.07, 6.45) is 14.0. The van der Waals surface area contributed by atoms with Gasteiger partial charge in [-0.2, -0.15) is 9.97 Å². The first-order chi connectivity index (χ1) is 13.8. The van der Waals surface area contributed by atoms with Gasteiger partial charge in [0.05, 0.1) is 0 Å². The van der Waals surface area contributed by atoms with Gasteiger partial charge in [-0.1, -0.05) is 25.7 Å². The summed E-state index contributed by atoms with van der Waals surface area (Å²) in [5.74, 6) is 2.71. The molecule has 0 spiro atoms. The third-order valence-corrected chi connectivity index (χ3v) is 6.44. The average molecular weight is 403 g/mol. The monoisotopic (exact) mass is 402 g/mol. The van der Waals surface area contributed by atoms with Crippen LogP contribution in [-0.4, -0.2) is 47.3 Å². The molecule has 7 heteroatoms. The number of piperidine rings is 1. The number of thiocarbonyl (C=S) groups is 1. The zero-order chi connectivity index (χ0) is 19.2. The molecule has 0 unspecified atom stereocenters. The lowest BCUT2D eigenvalue weighted by atomic mass is 10.1. The molecule has 1 aliphatic carbocycles. The predicted molar refractivity (Wildman–Crippen MR) is 120 cm³/mol. The average Bonchev–Trinajstić information content (AvgIpc) is 3.14. The summed E-state index contributed by atoms with van der Waals surface area (Å²) >= 11 is 5.61. The standard InChI is InChI=1S/C21H34N6S/c28-21(22-17-10-4-1-2-5-11-17)25-20-23-18(26-12-6-3-7-13-26)16-19(24-20)27-14-8-9-15-27/h16-17H,1-15H2,(H2,22,23,24,25,28). The highest BCUT2D eigenvalue weighted by Gasteiger charge is 2.20. The highest BCUT2D eigenvalue weighted by Crippen LogP contribution is 2.26. The Bertz CT molecular complexity index is 646. The molecule has 3 heterocycles. The van der Waals surface area contributed by atoms with Gasteiger partial charge in [0.25, 0.3) is 0 Å². The lowest BCUT2D eigenvalue weighted by molar-refractivity contribution is 0.535. The summed E-state index contributed by atoms with van der Waals surface area (Å²) in [6, 6.07) is 2.65. The van der Waals surface area contributed by atoms with Crippen LogP contribution in [0, 0.1) is 0 Å². The van der Waals surface area contributed by atoms with E-state index >= 15 is 0 Å². The molecular weight excluding hydrogens is 368 g/mol. The molecule has 1 saturated carbocycles. The van der Waals surface area contributed by atoms with E-state index in [2.05, 4.69) is 26.5 Å². The van der Waals surface area contributed by atoms with Gasteiger partial charge in [-0.05, 0) is 57.2 Å². The second-order valence-corrected chi connectivity index (χ2v) is 8.85. The van der Waals surface area contributed by atoms with Crippen LogP contribution in [-0.2, 0) is 0 Å². The first-order valence-corrected chi connectivity index (χ1v) is 11.7. The number of hydrogen-bond acceptors (Lipinski definition) is 5. The lowest BCUT2D eigenvalue weighted by Gasteiger charge is -2.29. The number of hydrogen-bond donors (Lipinski definition) is 2. The van der Waals surface area contributed by atoms with E-state index in [-0.39, 0.29) is 0 Å². The maximum Gasteiger partial charge on any atom is 0.232 e. The number of nitrogens with one attached hydrogen (secondary N) is 2. The van der Waals surface area contributed by atoms with Gasteiger partial charge in [-0.3, -0.25) is 0 Å². The van der Waals surface area contributed by atoms with Crippen LogP contribution in [0.25, 0.3) is 0 Å². The van der Waals surface area contributed by atoms with Crippen LogP contribution in [0.5, 0.6) is 0 Å². The molecule has 0 atom stereocenters. The fraction of sp³-hybridized carbons (Fsp3) is 0.762. The maximum absolute atomic E-state index is 5.61. The molecule has 0 bridgehead atoms. The Morgan fingerprint density at radius 2 is 1.29 bits per heavy atom. The van der Waals surface area contributed by atoms with Crippen molar-refractivity contribution in [3.8, 4) is 0 Å². The molecule has 154 valence electrons. The van der Waals surface area contributed by atoms with Gasteiger partial charge >= 0.3 is 0 Å². The van der Waals surface area contributed by atoms with E-state index < -0.39 is 0 Å². The van der Waals surface area contributed by atoms with Crippen molar-refractivity contribution in [1.82, 2.24) is 15.3 Å². The highest BCUT2D eigenvalue weighted by atomic mass is 32.1. The molecule has 0 radical (unpaired) electrons. The van der Waals surface area contributed by atoms with Gasteiger partial charge in [0, 0.05) is 38.3 Å². The van der Waals surface area contributed by atoms with E-state index in [0.29, 0.717) is 17.1 Å². The Hall–Kier alpha value is -1.63. The van der Waals surface area contributed by atoms with Crippen molar-refractivity contribution in [3.63, 3.8) is 0 Å². The van der Waals surface area contributed by atoms with Gasteiger partial charge in [0.1, 0.15) is 11.6 Å². The smallest absolute Gasteiger partial charge is 0.232 e. The summed E-state index contributed by atoms with van der Waals surface area (Å²) in [7, 11) is 0. The van der Waals surface area contributed by atoms with Crippen molar-refractivity contribution in [2.24, 2.45) is 0 Å². The fourth-order valence-corrected chi connectivity index (χ4v) is 4.88. The maximum atomic E-state index is 5.61. The SMILES string of the molecule is S=C(Nc1nc(N2CCCCC2)cc(N2CCCC2)n1)NC1CCCCCC1. The second kappa shape index (κ2) is 9.72. The van der Waals surface area contributed by atoms with Crippen LogP contribution in [0.1, 0.15) is 70.6 Å². The molecule has 28 heavy (non-hydrogen) atoms. The normalized spacial score (nSPS) is 21.4. The molecule has 0 amide bonds. The van der Waals surface area contributed by atoms with E-state index in [0.717, 1.165) is 37.8 Å². The van der Waals surface area contributed by atoms with Gasteiger partial charge in [-0.15, -0.1) is 0 Å². The van der Waals surface area contributed by atoms with Crippen LogP contribution in [0.4, 0.5) is 17.6 Å². The van der Waals surface area contributed by atoms with Crippen LogP contribution in [0.2, 0.25) is 0 Å². The first kappa shape index (κ1) is 19.7. The van der Waals surface area contributed by atoms with Crippen LogP contribution in [0.15, 0.2) is 6.07 Å². The Kier molecular flexibility index (Phi) is 6.83. The third kappa shape index (κ3) is 5.25. The van der Waals surface area contributed by atoms with E-state index in [9.17, 15) is 0 Å². The van der Waals surface area contributed by atoms with E-state index in [1.807, 2.05) is 0 Å². The first-order valence-electron chi connectivity index (χ1n) is 11.2. The number of aromatic nitrogens is 2. The quantitative estimate of drug-likeness (QED) is 0.581. The second-order valence-electron chi connectivity index (χ2n) is 8.44. The van der Waals surface area contributed by atoms with Gasteiger partial charge < -0.3 is 20.4 Å². The Morgan fingerprint density at radius 1 is 0.786 bits per heavy atom. The topological polar surface area (TPSA) is 56.3 Å². The van der Waals surface area contributed by atoms with Gasteiger partial charge in [0.15, 0.2) is 5.11 Å². The molecule has 3 fully saturated rings. The van der Waals surface area contributed by atoms with Gasteiger partial charge in [0.2, 0.25) is 5.95 Å². The van der Waals surface area contributed by atoms with Crippen LogP contribution in [0.3, 0.4) is 0 Å². The molecule has 2 saturated heterocycles. The largest absolute Gasteiger partial charge is 0.360 e. The summed E-state index contributed by atoms with van der Waals surface area (Å²) in [6.45, 7) is 4.34. The minimum absolute atomic E-state index is 0.478. The number of anilines is 3.